The zero-order valence-electron chi connectivity index (χ0n) is 31.9. The van der Waals surface area contributed by atoms with E-state index in [0.717, 1.165) is 74.7 Å². The van der Waals surface area contributed by atoms with Gasteiger partial charge in [0.2, 0.25) is 0 Å². The molecule has 2 aliphatic carbocycles. The van der Waals surface area contributed by atoms with Gasteiger partial charge < -0.3 is 31.1 Å². The maximum atomic E-state index is 12.3. The van der Waals surface area contributed by atoms with Crippen molar-refractivity contribution in [2.24, 2.45) is 29.6 Å². The number of aromatic nitrogens is 2. The Bertz CT molecular complexity index is 1560. The monoisotopic (exact) mass is 726 g/mol. The van der Waals surface area contributed by atoms with E-state index in [1.807, 2.05) is 18.2 Å². The van der Waals surface area contributed by atoms with E-state index >= 15 is 0 Å². The van der Waals surface area contributed by atoms with Crippen LogP contribution in [0.3, 0.4) is 0 Å². The molecule has 53 heavy (non-hydrogen) atoms. The molecule has 290 valence electrons. The summed E-state index contributed by atoms with van der Waals surface area (Å²) in [5, 5.41) is 44.3. The molecule has 0 unspecified atom stereocenters. The summed E-state index contributed by atoms with van der Waals surface area (Å²) in [5.74, 6) is -0.571. The van der Waals surface area contributed by atoms with Gasteiger partial charge >= 0.3 is 5.97 Å². The van der Waals surface area contributed by atoms with Crippen LogP contribution in [0, 0.1) is 29.6 Å². The predicted octanol–water partition coefficient (Wildman–Crippen LogP) is 7.87. The molecule has 8 heteroatoms. The zero-order valence-corrected chi connectivity index (χ0v) is 31.9. The van der Waals surface area contributed by atoms with E-state index in [0.29, 0.717) is 43.8 Å². The first-order chi connectivity index (χ1) is 25.6. The predicted molar refractivity (Wildman–Crippen MR) is 211 cm³/mol. The number of anilines is 1. The molecule has 1 fully saturated rings. The van der Waals surface area contributed by atoms with Crippen LogP contribution in [0.5, 0.6) is 0 Å². The molecule has 5 rings (SSSR count). The summed E-state index contributed by atoms with van der Waals surface area (Å²) < 4.78 is 0. The van der Waals surface area contributed by atoms with Gasteiger partial charge in [0.1, 0.15) is 5.82 Å². The number of carbonyl (C=O) groups is 1. The fourth-order valence-electron chi connectivity index (χ4n) is 9.09. The van der Waals surface area contributed by atoms with Gasteiger partial charge in [0.15, 0.2) is 0 Å². The minimum atomic E-state index is -1.04. The molecule has 8 atom stereocenters. The van der Waals surface area contributed by atoms with Gasteiger partial charge in [-0.2, -0.15) is 11.4 Å². The Morgan fingerprint density at radius 2 is 1.72 bits per heavy atom. The highest BCUT2D eigenvalue weighted by atomic mass is 16.4. The standard InChI is InChI=1S/C45H64N3O5/c1-2-3-6-13-33-16-18-36(42(50)28-33)14-9-5-10-15-40(44(51)52)41(49)22-24-45(53)31-35(26-34-23-25-47-43(46)29-34)27-37(45)30-39-21-20-38(48-39)19-17-32-11-7-4-8-12-32/h4,7-8,11-12,16,18,20-21,23,25,29,33,35-37,40-42,49-50,53H,2-3,5-6,9-10,13-15,17,19,22,24,26-28,30-31H2,1H3,(H2,46,47)(H,51,52)/q-1/t33-,35-,36-,37+,40+,41-,42-,45+/m1/s1. The third-order valence-corrected chi connectivity index (χ3v) is 12.2. The highest BCUT2D eigenvalue weighted by Gasteiger charge is 2.45. The zero-order chi connectivity index (χ0) is 37.6. The largest absolute Gasteiger partial charge is 0.665 e. The summed E-state index contributed by atoms with van der Waals surface area (Å²) in [6.45, 7) is 2.21. The van der Waals surface area contributed by atoms with Crippen LogP contribution in [0.15, 0.2) is 72.9 Å². The number of aliphatic hydroxyl groups excluding tert-OH is 2. The molecule has 0 saturated heterocycles. The maximum Gasteiger partial charge on any atom is 0.309 e. The SMILES string of the molecule is CCCCC[C@@H]1C=C[C@@H](CCCCC[C@H](C(=O)O)[C@H](O)CC[C@]2(O)C[C@H](Cc3ccnc(N)c3)C[C@H]2Cc2ccc(CCc3ccccc3)[n-]2)[C@H](O)C1. The number of nitrogens with zero attached hydrogens (tertiary/aromatic N) is 2. The van der Waals surface area contributed by atoms with E-state index in [1.165, 1.54) is 24.8 Å². The van der Waals surface area contributed by atoms with Crippen LogP contribution in [0.2, 0.25) is 0 Å². The molecule has 3 aromatic rings. The number of rotatable bonds is 22. The van der Waals surface area contributed by atoms with Crippen LogP contribution in [0.4, 0.5) is 5.82 Å². The fourth-order valence-corrected chi connectivity index (χ4v) is 9.09. The van der Waals surface area contributed by atoms with Crippen molar-refractivity contribution in [1.29, 1.82) is 0 Å². The maximum absolute atomic E-state index is 12.3. The van der Waals surface area contributed by atoms with Crippen LogP contribution < -0.4 is 10.7 Å². The molecular weight excluding hydrogens is 663 g/mol. The van der Waals surface area contributed by atoms with Crippen molar-refractivity contribution in [3.8, 4) is 0 Å². The van der Waals surface area contributed by atoms with Crippen LogP contribution >= 0.6 is 0 Å². The third-order valence-electron chi connectivity index (χ3n) is 12.2. The lowest BCUT2D eigenvalue weighted by Crippen LogP contribution is -2.37. The van der Waals surface area contributed by atoms with Gasteiger partial charge in [0.05, 0.1) is 23.7 Å². The molecule has 1 aromatic carbocycles. The lowest BCUT2D eigenvalue weighted by Gasteiger charge is -2.33. The van der Waals surface area contributed by atoms with Crippen molar-refractivity contribution in [3.05, 3.63) is 95.5 Å². The summed E-state index contributed by atoms with van der Waals surface area (Å²) in [5.41, 5.74) is 9.31. The second kappa shape index (κ2) is 20.3. The Hall–Kier alpha value is -3.46. The molecule has 2 aromatic heterocycles. The van der Waals surface area contributed by atoms with Crippen LogP contribution in [-0.2, 0) is 30.5 Å². The summed E-state index contributed by atoms with van der Waals surface area (Å²) in [6.07, 6.45) is 19.5. The third kappa shape index (κ3) is 12.5. The average molecular weight is 727 g/mol. The number of aryl methyl sites for hydroxylation is 2. The van der Waals surface area contributed by atoms with E-state index < -0.39 is 23.6 Å². The molecule has 0 radical (unpaired) electrons. The van der Waals surface area contributed by atoms with Gasteiger partial charge in [-0.3, -0.25) is 4.79 Å². The summed E-state index contributed by atoms with van der Waals surface area (Å²) in [7, 11) is 0. The lowest BCUT2D eigenvalue weighted by atomic mass is 9.80. The Kier molecular flexibility index (Phi) is 15.6. The van der Waals surface area contributed by atoms with Crippen LogP contribution in [0.25, 0.3) is 0 Å². The summed E-state index contributed by atoms with van der Waals surface area (Å²) in [6, 6.07) is 18.4. The van der Waals surface area contributed by atoms with Crippen molar-refractivity contribution < 1.29 is 25.2 Å². The molecule has 0 bridgehead atoms. The van der Waals surface area contributed by atoms with Gasteiger partial charge in [-0.15, -0.1) is 0 Å². The quantitative estimate of drug-likeness (QED) is 0.0519. The number of unbranched alkanes of at least 4 members (excludes halogenated alkanes) is 4. The number of nitrogen functional groups attached to an aromatic ring is 1. The number of aliphatic carboxylic acids is 1. The molecule has 0 aliphatic heterocycles. The van der Waals surface area contributed by atoms with Crippen molar-refractivity contribution >= 4 is 11.8 Å². The highest BCUT2D eigenvalue weighted by molar-refractivity contribution is 5.70. The van der Waals surface area contributed by atoms with E-state index in [2.05, 4.69) is 60.5 Å². The molecule has 0 spiro atoms. The second-order valence-corrected chi connectivity index (χ2v) is 16.3. The van der Waals surface area contributed by atoms with Crippen molar-refractivity contribution in [2.75, 3.05) is 5.73 Å². The number of allylic oxidation sites excluding steroid dienone is 1. The molecule has 1 saturated carbocycles. The molecule has 2 heterocycles. The van der Waals surface area contributed by atoms with Crippen molar-refractivity contribution in [1.82, 2.24) is 9.97 Å². The highest BCUT2D eigenvalue weighted by Crippen LogP contribution is 2.46. The average Bonchev–Trinajstić information content (AvgIpc) is 3.72. The van der Waals surface area contributed by atoms with E-state index in [4.69, 9.17) is 10.7 Å². The molecular formula is C45H64N3O5-. The normalized spacial score (nSPS) is 25.4. The number of benzene rings is 1. The summed E-state index contributed by atoms with van der Waals surface area (Å²) in [4.78, 5) is 21.4. The van der Waals surface area contributed by atoms with Crippen molar-refractivity contribution in [3.63, 3.8) is 0 Å². The Balaban J connectivity index is 1.13. The molecule has 6 N–H and O–H groups in total. The minimum Gasteiger partial charge on any atom is -0.665 e. The number of nitrogens with two attached hydrogens (primary N) is 1. The van der Waals surface area contributed by atoms with Crippen LogP contribution in [0.1, 0.15) is 119 Å². The first-order valence-corrected chi connectivity index (χ1v) is 20.5. The summed E-state index contributed by atoms with van der Waals surface area (Å²) >= 11 is 0. The smallest absolute Gasteiger partial charge is 0.309 e. The van der Waals surface area contributed by atoms with Crippen molar-refractivity contribution in [2.45, 2.75) is 140 Å². The Morgan fingerprint density at radius 1 is 0.925 bits per heavy atom. The minimum absolute atomic E-state index is 0.0603. The Morgan fingerprint density at radius 3 is 2.47 bits per heavy atom. The van der Waals surface area contributed by atoms with Gasteiger partial charge in [0.25, 0.3) is 0 Å². The van der Waals surface area contributed by atoms with Crippen LogP contribution in [-0.4, -0.2) is 49.2 Å². The first kappa shape index (κ1) is 40.7. The number of hydrogen-bond acceptors (Lipinski definition) is 6. The number of carboxylic acids is 1. The fraction of sp³-hybridized carbons (Fsp3) is 0.600. The second-order valence-electron chi connectivity index (χ2n) is 16.3. The molecule has 8 nitrogen and oxygen atoms in total. The van der Waals surface area contributed by atoms with Gasteiger partial charge in [-0.25, -0.2) is 4.98 Å². The van der Waals surface area contributed by atoms with E-state index in [1.54, 1.807) is 6.20 Å². The lowest BCUT2D eigenvalue weighted by molar-refractivity contribution is -0.146. The molecule has 2 aliphatic rings. The van der Waals surface area contributed by atoms with Gasteiger partial charge in [-0.05, 0) is 118 Å². The number of pyridine rings is 1. The molecule has 0 amide bonds. The van der Waals surface area contributed by atoms with Gasteiger partial charge in [-0.1, -0.05) is 100 Å². The first-order valence-electron chi connectivity index (χ1n) is 20.5. The van der Waals surface area contributed by atoms with Gasteiger partial charge in [0, 0.05) is 12.1 Å². The number of carboxylic acid groups (broad SMARTS) is 1. The topological polar surface area (TPSA) is 151 Å². The number of hydrogen-bond donors (Lipinski definition) is 5. The number of aliphatic hydroxyl groups is 3. The van der Waals surface area contributed by atoms with E-state index in [9.17, 15) is 25.2 Å². The Labute approximate surface area is 317 Å². The van der Waals surface area contributed by atoms with E-state index in [-0.39, 0.29) is 30.3 Å².